The Morgan fingerprint density at radius 2 is 2.08 bits per heavy atom. The molecule has 9 heteroatoms. The normalized spacial score (nSPS) is 13.3. The van der Waals surface area contributed by atoms with E-state index in [0.717, 1.165) is 27.3 Å². The van der Waals surface area contributed by atoms with Crippen LogP contribution >= 0.6 is 11.3 Å². The maximum Gasteiger partial charge on any atom is 0.410 e. The second-order valence-corrected chi connectivity index (χ2v) is 9.75. The van der Waals surface area contributed by atoms with Crippen molar-refractivity contribution in [2.75, 3.05) is 25.6 Å². The molecular formula is C27H28N4O4S. The molecule has 1 aliphatic rings. The number of aromatic nitrogens is 1. The van der Waals surface area contributed by atoms with E-state index in [1.54, 1.807) is 24.4 Å². The smallest absolute Gasteiger partial charge is 0.410 e. The minimum absolute atomic E-state index is 0.0161. The molecule has 0 spiro atoms. The summed E-state index contributed by atoms with van der Waals surface area (Å²) in [5, 5.41) is 13.2. The maximum atomic E-state index is 12.8. The number of carbonyl (C=O) groups excluding carboxylic acids is 2. The molecule has 0 aliphatic carbocycles. The number of hydrogen-bond donors (Lipinski definition) is 1. The van der Waals surface area contributed by atoms with Crippen LogP contribution in [-0.4, -0.2) is 42.1 Å². The number of amides is 2. The number of carbonyl (C=O) groups is 2. The van der Waals surface area contributed by atoms with Gasteiger partial charge in [-0.3, -0.25) is 9.78 Å². The summed E-state index contributed by atoms with van der Waals surface area (Å²) < 4.78 is 10.7. The molecule has 1 N–H and O–H groups in total. The first-order valence-electron chi connectivity index (χ1n) is 11.8. The fraction of sp³-hybridized carbons (Fsp3) is 0.333. The van der Waals surface area contributed by atoms with Gasteiger partial charge in [-0.2, -0.15) is 5.26 Å². The van der Waals surface area contributed by atoms with Gasteiger partial charge in [0.1, 0.15) is 16.8 Å². The molecule has 0 bridgehead atoms. The predicted molar refractivity (Wildman–Crippen MR) is 137 cm³/mol. The van der Waals surface area contributed by atoms with Crippen LogP contribution in [0.2, 0.25) is 0 Å². The van der Waals surface area contributed by atoms with Gasteiger partial charge in [0.15, 0.2) is 0 Å². The molecule has 1 unspecified atom stereocenters. The molecule has 36 heavy (non-hydrogen) atoms. The average molecular weight is 505 g/mol. The van der Waals surface area contributed by atoms with Crippen molar-refractivity contribution < 1.29 is 19.1 Å². The fourth-order valence-electron chi connectivity index (χ4n) is 4.18. The van der Waals surface area contributed by atoms with Gasteiger partial charge in [-0.1, -0.05) is 19.1 Å². The van der Waals surface area contributed by atoms with Gasteiger partial charge in [0, 0.05) is 36.7 Å². The van der Waals surface area contributed by atoms with Crippen LogP contribution in [0.3, 0.4) is 0 Å². The highest BCUT2D eigenvalue weighted by atomic mass is 32.1. The Labute approximate surface area is 214 Å². The lowest BCUT2D eigenvalue weighted by molar-refractivity contribution is -0.116. The summed E-state index contributed by atoms with van der Waals surface area (Å²) in [6, 6.07) is 13.7. The van der Waals surface area contributed by atoms with Gasteiger partial charge in [0.25, 0.3) is 0 Å². The van der Waals surface area contributed by atoms with Gasteiger partial charge in [0.05, 0.1) is 25.8 Å². The SMILES string of the molecule is COc1cccc(C(C)CC(=O)Nc2sc3c(c2C#N)CCN(C(=O)OCCc2ccncc2)C3)c1. The number of thiophene rings is 1. The van der Waals surface area contributed by atoms with Crippen LogP contribution in [0.25, 0.3) is 0 Å². The number of fused-ring (bicyclic) bond motifs is 1. The van der Waals surface area contributed by atoms with Crippen molar-refractivity contribution in [3.8, 4) is 11.8 Å². The van der Waals surface area contributed by atoms with Crippen LogP contribution in [0.5, 0.6) is 5.75 Å². The lowest BCUT2D eigenvalue weighted by atomic mass is 9.97. The lowest BCUT2D eigenvalue weighted by Crippen LogP contribution is -2.36. The topological polar surface area (TPSA) is 105 Å². The lowest BCUT2D eigenvalue weighted by Gasteiger charge is -2.26. The van der Waals surface area contributed by atoms with Crippen molar-refractivity contribution in [1.29, 1.82) is 5.26 Å². The Bertz CT molecular complexity index is 1270. The standard InChI is InChI=1S/C27H28N4O4S/c1-18(20-4-3-5-21(15-20)34-2)14-25(32)30-26-23(16-28)22-8-12-31(17-24(22)36-26)27(33)35-13-9-19-6-10-29-11-7-19/h3-7,10-11,15,18H,8-9,12-14,17H2,1-2H3,(H,30,32). The molecule has 0 radical (unpaired) electrons. The summed E-state index contributed by atoms with van der Waals surface area (Å²) in [5.41, 5.74) is 3.45. The van der Waals surface area contributed by atoms with E-state index in [0.29, 0.717) is 36.5 Å². The molecule has 8 nitrogen and oxygen atoms in total. The third-order valence-corrected chi connectivity index (χ3v) is 7.33. The first kappa shape index (κ1) is 25.2. The number of anilines is 1. The van der Waals surface area contributed by atoms with Crippen molar-refractivity contribution in [1.82, 2.24) is 9.88 Å². The van der Waals surface area contributed by atoms with Crippen molar-refractivity contribution in [2.24, 2.45) is 0 Å². The highest BCUT2D eigenvalue weighted by Gasteiger charge is 2.28. The number of nitriles is 1. The predicted octanol–water partition coefficient (Wildman–Crippen LogP) is 4.89. The van der Waals surface area contributed by atoms with E-state index in [1.807, 2.05) is 43.3 Å². The number of nitrogens with one attached hydrogen (secondary N) is 1. The molecular weight excluding hydrogens is 476 g/mol. The first-order valence-corrected chi connectivity index (χ1v) is 12.6. The number of hydrogen-bond acceptors (Lipinski definition) is 7. The van der Waals surface area contributed by atoms with Crippen molar-refractivity contribution in [3.05, 3.63) is 75.9 Å². The van der Waals surface area contributed by atoms with Crippen LogP contribution in [0, 0.1) is 11.3 Å². The third kappa shape index (κ3) is 6.01. The number of nitrogens with zero attached hydrogens (tertiary/aromatic N) is 3. The van der Waals surface area contributed by atoms with Gasteiger partial charge in [-0.15, -0.1) is 11.3 Å². The van der Waals surface area contributed by atoms with Crippen LogP contribution < -0.4 is 10.1 Å². The molecule has 2 amide bonds. The van der Waals surface area contributed by atoms with E-state index < -0.39 is 0 Å². The second kappa shape index (κ2) is 11.7. The number of methoxy groups -OCH3 is 1. The van der Waals surface area contributed by atoms with Gasteiger partial charge < -0.3 is 19.7 Å². The monoisotopic (exact) mass is 504 g/mol. The molecule has 1 aliphatic heterocycles. The quantitative estimate of drug-likeness (QED) is 0.468. The van der Waals surface area contributed by atoms with Crippen molar-refractivity contribution in [2.45, 2.75) is 38.6 Å². The van der Waals surface area contributed by atoms with Crippen LogP contribution in [0.15, 0.2) is 48.8 Å². The van der Waals surface area contributed by atoms with Gasteiger partial charge in [-0.25, -0.2) is 4.79 Å². The zero-order chi connectivity index (χ0) is 25.5. The van der Waals surface area contributed by atoms with Crippen LogP contribution in [-0.2, 0) is 28.9 Å². The zero-order valence-corrected chi connectivity index (χ0v) is 21.1. The summed E-state index contributed by atoms with van der Waals surface area (Å²) in [6.07, 6.45) is 4.49. The molecule has 4 rings (SSSR count). The molecule has 2 aromatic heterocycles. The summed E-state index contributed by atoms with van der Waals surface area (Å²) in [5.74, 6) is 0.573. The van der Waals surface area contributed by atoms with E-state index in [9.17, 15) is 14.9 Å². The second-order valence-electron chi connectivity index (χ2n) is 8.64. The zero-order valence-electron chi connectivity index (χ0n) is 20.3. The van der Waals surface area contributed by atoms with E-state index in [-0.39, 0.29) is 30.9 Å². The van der Waals surface area contributed by atoms with Crippen LogP contribution in [0.4, 0.5) is 9.80 Å². The minimum atomic E-state index is -0.376. The fourth-order valence-corrected chi connectivity index (χ4v) is 5.41. The highest BCUT2D eigenvalue weighted by molar-refractivity contribution is 7.16. The largest absolute Gasteiger partial charge is 0.497 e. The van der Waals surface area contributed by atoms with E-state index in [2.05, 4.69) is 16.4 Å². The maximum absolute atomic E-state index is 12.8. The summed E-state index contributed by atoms with van der Waals surface area (Å²) in [6.45, 7) is 3.09. The number of pyridine rings is 1. The average Bonchev–Trinajstić information content (AvgIpc) is 3.25. The Morgan fingerprint density at radius 3 is 2.83 bits per heavy atom. The van der Waals surface area contributed by atoms with E-state index in [4.69, 9.17) is 9.47 Å². The highest BCUT2D eigenvalue weighted by Crippen LogP contribution is 2.37. The summed E-state index contributed by atoms with van der Waals surface area (Å²) in [4.78, 5) is 31.9. The molecule has 0 saturated carbocycles. The third-order valence-electron chi connectivity index (χ3n) is 6.20. The molecule has 1 aromatic carbocycles. The van der Waals surface area contributed by atoms with Gasteiger partial charge in [-0.05, 0) is 53.3 Å². The number of ether oxygens (including phenoxy) is 2. The van der Waals surface area contributed by atoms with Crippen molar-refractivity contribution in [3.63, 3.8) is 0 Å². The van der Waals surface area contributed by atoms with E-state index in [1.165, 1.54) is 11.3 Å². The van der Waals surface area contributed by atoms with Crippen molar-refractivity contribution >= 4 is 28.3 Å². The molecule has 0 saturated heterocycles. The van der Waals surface area contributed by atoms with Gasteiger partial charge in [0.2, 0.25) is 5.91 Å². The number of rotatable bonds is 8. The Balaban J connectivity index is 1.35. The van der Waals surface area contributed by atoms with Gasteiger partial charge >= 0.3 is 6.09 Å². The Kier molecular flexibility index (Phi) is 8.18. The Hall–Kier alpha value is -3.90. The van der Waals surface area contributed by atoms with E-state index >= 15 is 0 Å². The molecule has 3 aromatic rings. The summed E-state index contributed by atoms with van der Waals surface area (Å²) >= 11 is 1.35. The summed E-state index contributed by atoms with van der Waals surface area (Å²) in [7, 11) is 1.61. The molecule has 186 valence electrons. The molecule has 3 heterocycles. The number of benzene rings is 1. The molecule has 1 atom stereocenters. The van der Waals surface area contributed by atoms with Crippen LogP contribution in [0.1, 0.15) is 46.4 Å². The Morgan fingerprint density at radius 1 is 1.28 bits per heavy atom. The molecule has 0 fully saturated rings. The first-order chi connectivity index (χ1) is 17.5. The minimum Gasteiger partial charge on any atom is -0.497 e.